The number of nitro groups is 1. The van der Waals surface area contributed by atoms with E-state index in [9.17, 15) is 19.7 Å². The maximum Gasteiger partial charge on any atom is 0.298 e. The van der Waals surface area contributed by atoms with Crippen LogP contribution in [0, 0.1) is 10.1 Å². The van der Waals surface area contributed by atoms with Crippen LogP contribution in [0.15, 0.2) is 23.0 Å². The second-order valence-corrected chi connectivity index (χ2v) is 5.79. The van der Waals surface area contributed by atoms with Crippen molar-refractivity contribution in [3.8, 4) is 11.5 Å². The summed E-state index contributed by atoms with van der Waals surface area (Å²) in [6.45, 7) is 4.63. The molecule has 8 heteroatoms. The number of ether oxygens (including phenoxy) is 2. The van der Waals surface area contributed by atoms with Crippen molar-refractivity contribution in [1.29, 1.82) is 0 Å². The quantitative estimate of drug-likeness (QED) is 0.278. The number of hydrogen-bond donors (Lipinski definition) is 0. The molecule has 8 nitrogen and oxygen atoms in total. The van der Waals surface area contributed by atoms with Crippen LogP contribution >= 0.6 is 0 Å². The second-order valence-electron chi connectivity index (χ2n) is 5.79. The molecular weight excluding hydrogens is 340 g/mol. The van der Waals surface area contributed by atoms with Gasteiger partial charge in [0, 0.05) is 24.1 Å². The molecule has 140 valence electrons. The molecule has 0 saturated heterocycles. The van der Waals surface area contributed by atoms with Gasteiger partial charge in [0.1, 0.15) is 0 Å². The molecule has 0 fully saturated rings. The number of aryl methyl sites for hydroxylation is 1. The van der Waals surface area contributed by atoms with Gasteiger partial charge < -0.3 is 14.0 Å². The number of benzene rings is 1. The van der Waals surface area contributed by atoms with Crippen molar-refractivity contribution in [3.63, 3.8) is 0 Å². The third-order valence-electron chi connectivity index (χ3n) is 4.10. The Morgan fingerprint density at radius 1 is 1.19 bits per heavy atom. The summed E-state index contributed by atoms with van der Waals surface area (Å²) in [6, 6.07) is 4.18. The van der Waals surface area contributed by atoms with Crippen LogP contribution in [0.4, 0.5) is 5.69 Å². The first kappa shape index (κ1) is 19.4. The molecule has 0 aliphatic rings. The number of carbonyl (C=O) groups excluding carboxylic acids is 1. The fraction of sp³-hybridized carbons (Fsp3) is 0.444. The molecule has 0 amide bonds. The summed E-state index contributed by atoms with van der Waals surface area (Å²) in [7, 11) is 0. The first-order valence-corrected chi connectivity index (χ1v) is 8.63. The molecule has 1 heterocycles. The number of non-ortho nitro benzene ring substituents is 1. The molecule has 0 unspecified atom stereocenters. The van der Waals surface area contributed by atoms with Crippen molar-refractivity contribution in [2.75, 3.05) is 6.61 Å². The van der Waals surface area contributed by atoms with Gasteiger partial charge in [0.05, 0.1) is 17.0 Å². The molecule has 2 aromatic rings. The van der Waals surface area contributed by atoms with E-state index in [1.54, 1.807) is 6.92 Å². The Bertz CT molecular complexity index is 859. The van der Waals surface area contributed by atoms with E-state index in [1.807, 2.05) is 0 Å². The van der Waals surface area contributed by atoms with Crippen LogP contribution in [-0.4, -0.2) is 22.6 Å². The number of rotatable bonds is 10. The molecule has 0 bridgehead atoms. The summed E-state index contributed by atoms with van der Waals surface area (Å²) in [6.07, 6.45) is 3.93. The molecular formula is C18H22N2O6. The lowest BCUT2D eigenvalue weighted by Crippen LogP contribution is -2.23. The Labute approximate surface area is 150 Å². The molecule has 1 aromatic heterocycles. The van der Waals surface area contributed by atoms with E-state index in [0.29, 0.717) is 17.5 Å². The predicted molar refractivity (Wildman–Crippen MR) is 96.9 cm³/mol. The van der Waals surface area contributed by atoms with E-state index in [1.165, 1.54) is 22.8 Å². The maximum atomic E-state index is 12.7. The van der Waals surface area contributed by atoms with Gasteiger partial charge in [0.15, 0.2) is 5.75 Å². The monoisotopic (exact) mass is 362 g/mol. The van der Waals surface area contributed by atoms with Crippen molar-refractivity contribution in [1.82, 2.24) is 4.57 Å². The van der Waals surface area contributed by atoms with Gasteiger partial charge in [-0.3, -0.25) is 19.7 Å². The second kappa shape index (κ2) is 8.98. The van der Waals surface area contributed by atoms with E-state index >= 15 is 0 Å². The molecule has 0 aliphatic carbocycles. The van der Waals surface area contributed by atoms with Crippen LogP contribution < -0.4 is 15.0 Å². The van der Waals surface area contributed by atoms with Crippen LogP contribution in [0.3, 0.4) is 0 Å². The Morgan fingerprint density at radius 3 is 2.58 bits per heavy atom. The van der Waals surface area contributed by atoms with Gasteiger partial charge >= 0.3 is 0 Å². The predicted octanol–water partition coefficient (Wildman–Crippen LogP) is 3.42. The number of pyridine rings is 1. The lowest BCUT2D eigenvalue weighted by Gasteiger charge is -2.16. The number of aromatic nitrogens is 1. The highest BCUT2D eigenvalue weighted by molar-refractivity contribution is 5.90. The van der Waals surface area contributed by atoms with E-state index in [4.69, 9.17) is 9.47 Å². The summed E-state index contributed by atoms with van der Waals surface area (Å²) in [5.41, 5.74) is -0.318. The third kappa shape index (κ3) is 4.01. The molecule has 1 aromatic carbocycles. The number of nitrogens with zero attached hydrogens (tertiary/aromatic N) is 2. The lowest BCUT2D eigenvalue weighted by atomic mass is 10.1. The fourth-order valence-corrected chi connectivity index (χ4v) is 2.81. The van der Waals surface area contributed by atoms with E-state index < -0.39 is 10.5 Å². The summed E-state index contributed by atoms with van der Waals surface area (Å²) in [5.74, 6) is -0.0492. The van der Waals surface area contributed by atoms with Crippen molar-refractivity contribution in [2.24, 2.45) is 0 Å². The lowest BCUT2D eigenvalue weighted by molar-refractivity contribution is -0.384. The van der Waals surface area contributed by atoms with E-state index in [0.717, 1.165) is 25.7 Å². The van der Waals surface area contributed by atoms with Crippen molar-refractivity contribution in [2.45, 2.75) is 46.1 Å². The minimum absolute atomic E-state index is 0.128. The summed E-state index contributed by atoms with van der Waals surface area (Å²) in [4.78, 5) is 34.1. The normalized spacial score (nSPS) is 10.7. The molecule has 0 aliphatic heterocycles. The topological polar surface area (TPSA) is 101 Å². The molecule has 0 N–H and O–H groups in total. The number of unbranched alkanes of at least 4 members (excludes halogenated alkanes) is 3. The minimum atomic E-state index is -0.559. The zero-order chi connectivity index (χ0) is 19.1. The molecule has 0 spiro atoms. The highest BCUT2D eigenvalue weighted by Gasteiger charge is 2.21. The van der Waals surface area contributed by atoms with Gasteiger partial charge in [-0.2, -0.15) is 0 Å². The van der Waals surface area contributed by atoms with Crippen LogP contribution in [0.5, 0.6) is 11.5 Å². The number of fused-ring (bicyclic) bond motifs is 1. The van der Waals surface area contributed by atoms with Gasteiger partial charge in [-0.1, -0.05) is 26.2 Å². The summed E-state index contributed by atoms with van der Waals surface area (Å²) < 4.78 is 12.0. The highest BCUT2D eigenvalue weighted by atomic mass is 16.6. The molecule has 0 saturated carbocycles. The van der Waals surface area contributed by atoms with E-state index in [-0.39, 0.29) is 30.2 Å². The zero-order valence-electron chi connectivity index (χ0n) is 14.9. The van der Waals surface area contributed by atoms with Gasteiger partial charge in [-0.15, -0.1) is 0 Å². The maximum absolute atomic E-state index is 12.7. The van der Waals surface area contributed by atoms with E-state index in [2.05, 4.69) is 6.92 Å². The SMILES string of the molecule is CCCCCCOc1c(OC=O)c(=O)n(CC)c2cc([N+](=O)[O-])ccc12. The van der Waals surface area contributed by atoms with Gasteiger partial charge in [-0.25, -0.2) is 0 Å². The summed E-state index contributed by atoms with van der Waals surface area (Å²) >= 11 is 0. The third-order valence-corrected chi connectivity index (χ3v) is 4.10. The van der Waals surface area contributed by atoms with Gasteiger partial charge in [0.2, 0.25) is 5.75 Å². The number of carbonyl (C=O) groups is 1. The van der Waals surface area contributed by atoms with Gasteiger partial charge in [-0.05, 0) is 19.4 Å². The largest absolute Gasteiger partial charge is 0.489 e. The smallest absolute Gasteiger partial charge is 0.298 e. The highest BCUT2D eigenvalue weighted by Crippen LogP contribution is 2.34. The Morgan fingerprint density at radius 2 is 1.96 bits per heavy atom. The molecule has 2 rings (SSSR count). The van der Waals surface area contributed by atoms with Crippen LogP contribution in [0.2, 0.25) is 0 Å². The van der Waals surface area contributed by atoms with Crippen molar-refractivity contribution in [3.05, 3.63) is 38.7 Å². The Hall–Kier alpha value is -2.90. The van der Waals surface area contributed by atoms with Crippen molar-refractivity contribution >= 4 is 23.1 Å². The van der Waals surface area contributed by atoms with Crippen molar-refractivity contribution < 1.29 is 19.2 Å². The Kier molecular flexibility index (Phi) is 6.71. The zero-order valence-corrected chi connectivity index (χ0v) is 14.9. The summed E-state index contributed by atoms with van der Waals surface area (Å²) in [5, 5.41) is 11.6. The first-order valence-electron chi connectivity index (χ1n) is 8.63. The Balaban J connectivity index is 2.58. The average molecular weight is 362 g/mol. The van der Waals surface area contributed by atoms with Crippen LogP contribution in [0.1, 0.15) is 39.5 Å². The average Bonchev–Trinajstić information content (AvgIpc) is 2.63. The fourth-order valence-electron chi connectivity index (χ4n) is 2.81. The van der Waals surface area contributed by atoms with Crippen LogP contribution in [-0.2, 0) is 11.3 Å². The molecule has 0 atom stereocenters. The standard InChI is InChI=1S/C18H22N2O6/c1-3-5-6-7-10-25-16-14-9-8-13(20(23)24)11-15(14)19(4-2)18(22)17(16)26-12-21/h8-9,11-12H,3-7,10H2,1-2H3. The number of hydrogen-bond acceptors (Lipinski definition) is 6. The minimum Gasteiger partial charge on any atom is -0.489 e. The van der Waals surface area contributed by atoms with Crippen LogP contribution in [0.25, 0.3) is 10.9 Å². The number of nitro benzene ring substituents is 1. The molecule has 0 radical (unpaired) electrons. The first-order chi connectivity index (χ1) is 12.5. The van der Waals surface area contributed by atoms with Gasteiger partial charge in [0.25, 0.3) is 17.7 Å². The molecule has 26 heavy (non-hydrogen) atoms.